The highest BCUT2D eigenvalue weighted by Gasteiger charge is 2.12. The molecule has 0 heterocycles. The summed E-state index contributed by atoms with van der Waals surface area (Å²) >= 11 is 17.5. The van der Waals surface area contributed by atoms with Crippen molar-refractivity contribution < 1.29 is 9.90 Å². The predicted octanol–water partition coefficient (Wildman–Crippen LogP) is 4.90. The van der Waals surface area contributed by atoms with Gasteiger partial charge >= 0.3 is 0 Å². The van der Waals surface area contributed by atoms with E-state index in [1.807, 2.05) is 0 Å². The van der Waals surface area contributed by atoms with Gasteiger partial charge in [-0.3, -0.25) is 4.79 Å². The number of phenolic OH excluding ortho intramolecular Hbond substituents is 1. The van der Waals surface area contributed by atoms with Gasteiger partial charge in [0.1, 0.15) is 17.4 Å². The third kappa shape index (κ3) is 4.40. The van der Waals surface area contributed by atoms with E-state index in [0.717, 1.165) is 0 Å². The van der Waals surface area contributed by atoms with Crippen LogP contribution >= 0.6 is 34.8 Å². The van der Waals surface area contributed by atoms with Crippen LogP contribution in [-0.2, 0) is 4.79 Å². The lowest BCUT2D eigenvalue weighted by Gasteiger charge is -2.06. The molecule has 0 aliphatic rings. The standard InChI is InChI=1S/C16H9Cl3N2O2/c17-11-1-4-15(22)9(6-11)5-10(8-20)16(23)21-12-2-3-13(18)14(19)7-12/h1-7,22H,(H,21,23)/b10-5+. The molecule has 0 radical (unpaired) electrons. The number of nitrogens with zero attached hydrogens (tertiary/aromatic N) is 1. The van der Waals surface area contributed by atoms with Gasteiger partial charge in [0.05, 0.1) is 10.0 Å². The number of nitrogens with one attached hydrogen (secondary N) is 1. The van der Waals surface area contributed by atoms with Crippen LogP contribution in [0.3, 0.4) is 0 Å². The highest BCUT2D eigenvalue weighted by molar-refractivity contribution is 6.42. The van der Waals surface area contributed by atoms with E-state index in [9.17, 15) is 9.90 Å². The molecule has 0 atom stereocenters. The normalized spacial score (nSPS) is 11.0. The molecule has 0 aliphatic heterocycles. The molecule has 0 fully saturated rings. The molecule has 0 aromatic heterocycles. The Morgan fingerprint density at radius 3 is 2.52 bits per heavy atom. The maximum absolute atomic E-state index is 12.1. The van der Waals surface area contributed by atoms with Crippen LogP contribution in [0.25, 0.3) is 6.08 Å². The lowest BCUT2D eigenvalue weighted by atomic mass is 10.1. The zero-order chi connectivity index (χ0) is 17.0. The number of benzene rings is 2. The van der Waals surface area contributed by atoms with E-state index in [4.69, 9.17) is 40.1 Å². The molecular formula is C16H9Cl3N2O2. The van der Waals surface area contributed by atoms with Crippen LogP contribution in [-0.4, -0.2) is 11.0 Å². The highest BCUT2D eigenvalue weighted by Crippen LogP contribution is 2.26. The second-order valence-electron chi connectivity index (χ2n) is 4.46. The van der Waals surface area contributed by atoms with Crippen LogP contribution in [0.4, 0.5) is 5.69 Å². The summed E-state index contributed by atoms with van der Waals surface area (Å²) in [6.45, 7) is 0. The zero-order valence-electron chi connectivity index (χ0n) is 11.5. The third-order valence-electron chi connectivity index (χ3n) is 2.83. The number of phenols is 1. The molecule has 0 saturated carbocycles. The van der Waals surface area contributed by atoms with Crippen LogP contribution in [0.1, 0.15) is 5.56 Å². The summed E-state index contributed by atoms with van der Waals surface area (Å²) in [5, 5.41) is 22.4. The van der Waals surface area contributed by atoms with Crippen LogP contribution in [0.5, 0.6) is 5.75 Å². The SMILES string of the molecule is N#C/C(=C\c1cc(Cl)ccc1O)C(=O)Nc1ccc(Cl)c(Cl)c1. The van der Waals surface area contributed by atoms with Gasteiger partial charge in [-0.15, -0.1) is 0 Å². The number of hydrogen-bond donors (Lipinski definition) is 2. The molecule has 116 valence electrons. The molecule has 7 heteroatoms. The molecule has 0 bridgehead atoms. The van der Waals surface area contributed by atoms with Crippen molar-refractivity contribution in [3.8, 4) is 11.8 Å². The Bertz CT molecular complexity index is 842. The minimum Gasteiger partial charge on any atom is -0.507 e. The molecule has 0 aliphatic carbocycles. The maximum Gasteiger partial charge on any atom is 0.266 e. The summed E-state index contributed by atoms with van der Waals surface area (Å²) in [5.74, 6) is -0.741. The van der Waals surface area contributed by atoms with Crippen LogP contribution < -0.4 is 5.32 Å². The predicted molar refractivity (Wildman–Crippen MR) is 91.8 cm³/mol. The smallest absolute Gasteiger partial charge is 0.266 e. The Hall–Kier alpha value is -2.19. The fourth-order valence-electron chi connectivity index (χ4n) is 1.72. The number of carbonyl (C=O) groups excluding carboxylic acids is 1. The monoisotopic (exact) mass is 366 g/mol. The second-order valence-corrected chi connectivity index (χ2v) is 5.71. The van der Waals surface area contributed by atoms with E-state index in [1.165, 1.54) is 36.4 Å². The van der Waals surface area contributed by atoms with Crippen LogP contribution in [0, 0.1) is 11.3 Å². The zero-order valence-corrected chi connectivity index (χ0v) is 13.7. The maximum atomic E-state index is 12.1. The van der Waals surface area contributed by atoms with E-state index in [-0.39, 0.29) is 21.9 Å². The molecule has 0 unspecified atom stereocenters. The van der Waals surface area contributed by atoms with Crippen molar-refractivity contribution in [2.75, 3.05) is 5.32 Å². The van der Waals surface area contributed by atoms with E-state index in [0.29, 0.717) is 15.7 Å². The Morgan fingerprint density at radius 2 is 1.87 bits per heavy atom. The van der Waals surface area contributed by atoms with Crippen molar-refractivity contribution in [3.05, 3.63) is 62.6 Å². The Balaban J connectivity index is 2.28. The van der Waals surface area contributed by atoms with Gasteiger partial charge in [-0.25, -0.2) is 0 Å². The first-order valence-electron chi connectivity index (χ1n) is 6.27. The molecule has 2 aromatic carbocycles. The van der Waals surface area contributed by atoms with Gasteiger partial charge in [-0.05, 0) is 42.5 Å². The lowest BCUT2D eigenvalue weighted by Crippen LogP contribution is -2.13. The van der Waals surface area contributed by atoms with E-state index in [2.05, 4.69) is 5.32 Å². The number of hydrogen-bond acceptors (Lipinski definition) is 3. The number of carbonyl (C=O) groups is 1. The summed E-state index contributed by atoms with van der Waals surface area (Å²) < 4.78 is 0. The first kappa shape index (κ1) is 17.2. The quantitative estimate of drug-likeness (QED) is 0.598. The highest BCUT2D eigenvalue weighted by atomic mass is 35.5. The number of anilines is 1. The Labute approximate surface area is 147 Å². The summed E-state index contributed by atoms with van der Waals surface area (Å²) in [6, 6.07) is 10.6. The van der Waals surface area contributed by atoms with Crippen molar-refractivity contribution >= 4 is 52.5 Å². The lowest BCUT2D eigenvalue weighted by molar-refractivity contribution is -0.112. The number of aromatic hydroxyl groups is 1. The molecule has 2 rings (SSSR count). The van der Waals surface area contributed by atoms with Gasteiger partial charge in [-0.2, -0.15) is 5.26 Å². The van der Waals surface area contributed by atoms with Gasteiger partial charge in [0, 0.05) is 16.3 Å². The topological polar surface area (TPSA) is 73.1 Å². The van der Waals surface area contributed by atoms with Crippen molar-refractivity contribution in [3.63, 3.8) is 0 Å². The molecule has 23 heavy (non-hydrogen) atoms. The van der Waals surface area contributed by atoms with E-state index in [1.54, 1.807) is 12.1 Å². The minimum absolute atomic E-state index is 0.0931. The first-order chi connectivity index (χ1) is 10.9. The third-order valence-corrected chi connectivity index (χ3v) is 3.81. The molecule has 0 spiro atoms. The van der Waals surface area contributed by atoms with Crippen molar-refractivity contribution in [2.45, 2.75) is 0 Å². The Kier molecular flexibility index (Phi) is 5.51. The first-order valence-corrected chi connectivity index (χ1v) is 7.41. The summed E-state index contributed by atoms with van der Waals surface area (Å²) in [4.78, 5) is 12.1. The van der Waals surface area contributed by atoms with E-state index >= 15 is 0 Å². The Morgan fingerprint density at radius 1 is 1.13 bits per heavy atom. The molecule has 1 amide bonds. The van der Waals surface area contributed by atoms with Crippen molar-refractivity contribution in [1.82, 2.24) is 0 Å². The van der Waals surface area contributed by atoms with Gasteiger partial charge in [0.25, 0.3) is 5.91 Å². The van der Waals surface area contributed by atoms with Crippen molar-refractivity contribution in [1.29, 1.82) is 5.26 Å². The molecule has 0 saturated heterocycles. The summed E-state index contributed by atoms with van der Waals surface area (Å²) in [7, 11) is 0. The van der Waals surface area contributed by atoms with Crippen LogP contribution in [0.15, 0.2) is 42.0 Å². The fourth-order valence-corrected chi connectivity index (χ4v) is 2.20. The number of halogens is 3. The minimum atomic E-state index is -0.648. The fraction of sp³-hybridized carbons (Fsp3) is 0. The van der Waals surface area contributed by atoms with Gasteiger partial charge in [-0.1, -0.05) is 34.8 Å². The average molecular weight is 368 g/mol. The summed E-state index contributed by atoms with van der Waals surface area (Å²) in [6.07, 6.45) is 1.24. The molecule has 2 aromatic rings. The average Bonchev–Trinajstić information content (AvgIpc) is 2.51. The number of nitriles is 1. The molecule has 4 nitrogen and oxygen atoms in total. The van der Waals surface area contributed by atoms with Crippen LogP contribution in [0.2, 0.25) is 15.1 Å². The number of amides is 1. The molecular weight excluding hydrogens is 359 g/mol. The number of rotatable bonds is 3. The summed E-state index contributed by atoms with van der Waals surface area (Å²) in [5.41, 5.74) is 0.452. The van der Waals surface area contributed by atoms with Gasteiger partial charge < -0.3 is 10.4 Å². The van der Waals surface area contributed by atoms with Gasteiger partial charge in [0.15, 0.2) is 0 Å². The largest absolute Gasteiger partial charge is 0.507 e. The van der Waals surface area contributed by atoms with Gasteiger partial charge in [0.2, 0.25) is 0 Å². The van der Waals surface area contributed by atoms with Crippen molar-refractivity contribution in [2.24, 2.45) is 0 Å². The second kappa shape index (κ2) is 7.38. The van der Waals surface area contributed by atoms with E-state index < -0.39 is 5.91 Å². The molecule has 2 N–H and O–H groups in total.